The maximum absolute atomic E-state index is 5.85. The Labute approximate surface area is 103 Å². The van der Waals surface area contributed by atoms with E-state index in [-0.39, 0.29) is 0 Å². The van der Waals surface area contributed by atoms with Crippen molar-refractivity contribution in [2.45, 2.75) is 25.6 Å². The minimum atomic E-state index is 0.458. The molecule has 1 aromatic rings. The fraction of sp³-hybridized carbons (Fsp3) is 0.571. The van der Waals surface area contributed by atoms with Crippen LogP contribution in [-0.2, 0) is 11.3 Å². The molecular formula is C14H22N2O. The summed E-state index contributed by atoms with van der Waals surface area (Å²) in [5.41, 5.74) is 6.69. The van der Waals surface area contributed by atoms with E-state index in [4.69, 9.17) is 10.5 Å². The number of nitrogens with two attached hydrogens (primary N) is 1. The molecule has 3 nitrogen and oxygen atoms in total. The van der Waals surface area contributed by atoms with Gasteiger partial charge in [-0.25, -0.2) is 0 Å². The number of hydrogen-bond acceptors (Lipinski definition) is 3. The average Bonchev–Trinajstić information content (AvgIpc) is 2.32. The highest BCUT2D eigenvalue weighted by molar-refractivity contribution is 5.13. The van der Waals surface area contributed by atoms with E-state index in [0.29, 0.717) is 6.10 Å². The summed E-state index contributed by atoms with van der Waals surface area (Å²) in [6.07, 6.45) is 2.83. The van der Waals surface area contributed by atoms with Crippen LogP contribution in [0.25, 0.3) is 0 Å². The topological polar surface area (TPSA) is 47.3 Å². The second kappa shape index (κ2) is 6.74. The van der Waals surface area contributed by atoms with Crippen molar-refractivity contribution in [2.24, 2.45) is 11.7 Å². The molecule has 94 valence electrons. The Morgan fingerprint density at radius 2 is 2.00 bits per heavy atom. The van der Waals surface area contributed by atoms with Crippen LogP contribution in [0.5, 0.6) is 0 Å². The van der Waals surface area contributed by atoms with Crippen molar-refractivity contribution in [3.8, 4) is 0 Å². The Bertz CT molecular complexity index is 309. The van der Waals surface area contributed by atoms with E-state index in [2.05, 4.69) is 29.6 Å². The Morgan fingerprint density at radius 1 is 1.24 bits per heavy atom. The van der Waals surface area contributed by atoms with Crippen LogP contribution in [-0.4, -0.2) is 25.7 Å². The lowest BCUT2D eigenvalue weighted by Gasteiger charge is -2.35. The predicted molar refractivity (Wildman–Crippen MR) is 69.7 cm³/mol. The predicted octanol–water partition coefficient (Wildman–Crippen LogP) is 1.53. The quantitative estimate of drug-likeness (QED) is 0.703. The third kappa shape index (κ3) is 4.11. The number of benzene rings is 1. The second-order valence-corrected chi connectivity index (χ2v) is 4.75. The first-order valence-corrected chi connectivity index (χ1v) is 6.45. The molecule has 0 aromatic heterocycles. The third-order valence-corrected chi connectivity index (χ3v) is 3.28. The molecule has 0 amide bonds. The van der Waals surface area contributed by atoms with Crippen LogP contribution in [0.3, 0.4) is 0 Å². The van der Waals surface area contributed by atoms with Crippen LogP contribution >= 0.6 is 0 Å². The number of rotatable bonds is 7. The molecule has 0 saturated heterocycles. The van der Waals surface area contributed by atoms with Gasteiger partial charge in [0.15, 0.2) is 0 Å². The van der Waals surface area contributed by atoms with Crippen molar-refractivity contribution in [3.63, 3.8) is 0 Å². The van der Waals surface area contributed by atoms with Crippen molar-refractivity contribution in [1.29, 1.82) is 0 Å². The van der Waals surface area contributed by atoms with E-state index in [9.17, 15) is 0 Å². The molecule has 1 saturated carbocycles. The van der Waals surface area contributed by atoms with Gasteiger partial charge in [-0.15, -0.1) is 0 Å². The molecule has 1 aliphatic carbocycles. The van der Waals surface area contributed by atoms with Crippen LogP contribution in [0.1, 0.15) is 18.4 Å². The standard InChI is InChI=1S/C14H22N2O/c15-6-7-16-10-13-8-14(9-13)17-11-12-4-2-1-3-5-12/h1-5,13-14,16H,6-11,15H2. The van der Waals surface area contributed by atoms with Crippen LogP contribution < -0.4 is 11.1 Å². The summed E-state index contributed by atoms with van der Waals surface area (Å²) in [4.78, 5) is 0. The zero-order valence-corrected chi connectivity index (χ0v) is 10.3. The highest BCUT2D eigenvalue weighted by Gasteiger charge is 2.29. The highest BCUT2D eigenvalue weighted by atomic mass is 16.5. The van der Waals surface area contributed by atoms with Gasteiger partial charge < -0.3 is 15.8 Å². The first-order valence-electron chi connectivity index (χ1n) is 6.45. The number of nitrogens with one attached hydrogen (secondary N) is 1. The minimum absolute atomic E-state index is 0.458. The van der Waals surface area contributed by atoms with E-state index >= 15 is 0 Å². The molecule has 3 N–H and O–H groups in total. The maximum Gasteiger partial charge on any atom is 0.0720 e. The molecule has 0 spiro atoms. The lowest BCUT2D eigenvalue weighted by molar-refractivity contribution is -0.0394. The summed E-state index contributed by atoms with van der Waals surface area (Å²) in [5, 5.41) is 3.35. The molecule has 0 heterocycles. The summed E-state index contributed by atoms with van der Waals surface area (Å²) in [5.74, 6) is 0.780. The van der Waals surface area contributed by atoms with E-state index in [1.54, 1.807) is 0 Å². The summed E-state index contributed by atoms with van der Waals surface area (Å²) < 4.78 is 5.85. The van der Waals surface area contributed by atoms with Gasteiger partial charge in [0.05, 0.1) is 12.7 Å². The Balaban J connectivity index is 1.55. The van der Waals surface area contributed by atoms with E-state index in [1.807, 2.05) is 6.07 Å². The van der Waals surface area contributed by atoms with Gasteiger partial charge in [0.25, 0.3) is 0 Å². The molecule has 1 fully saturated rings. The highest BCUT2D eigenvalue weighted by Crippen LogP contribution is 2.30. The van der Waals surface area contributed by atoms with Crippen LogP contribution in [0, 0.1) is 5.92 Å². The summed E-state index contributed by atoms with van der Waals surface area (Å²) in [6.45, 7) is 3.48. The smallest absolute Gasteiger partial charge is 0.0720 e. The van der Waals surface area contributed by atoms with Gasteiger partial charge in [-0.1, -0.05) is 30.3 Å². The Kier molecular flexibility index (Phi) is 4.98. The molecule has 17 heavy (non-hydrogen) atoms. The number of ether oxygens (including phenoxy) is 1. The zero-order valence-electron chi connectivity index (χ0n) is 10.3. The van der Waals surface area contributed by atoms with Crippen molar-refractivity contribution in [3.05, 3.63) is 35.9 Å². The first-order chi connectivity index (χ1) is 8.38. The van der Waals surface area contributed by atoms with E-state index < -0.39 is 0 Å². The van der Waals surface area contributed by atoms with Crippen molar-refractivity contribution in [1.82, 2.24) is 5.32 Å². The largest absolute Gasteiger partial charge is 0.374 e. The minimum Gasteiger partial charge on any atom is -0.374 e. The van der Waals surface area contributed by atoms with Crippen molar-refractivity contribution < 1.29 is 4.74 Å². The second-order valence-electron chi connectivity index (χ2n) is 4.75. The molecule has 0 aliphatic heterocycles. The van der Waals surface area contributed by atoms with Gasteiger partial charge in [0.2, 0.25) is 0 Å². The van der Waals surface area contributed by atoms with Gasteiger partial charge >= 0.3 is 0 Å². The number of hydrogen-bond donors (Lipinski definition) is 2. The monoisotopic (exact) mass is 234 g/mol. The fourth-order valence-electron chi connectivity index (χ4n) is 2.17. The van der Waals surface area contributed by atoms with Gasteiger partial charge in [0, 0.05) is 13.1 Å². The normalized spacial score (nSPS) is 23.4. The maximum atomic E-state index is 5.85. The zero-order chi connectivity index (χ0) is 11.9. The van der Waals surface area contributed by atoms with E-state index in [1.165, 1.54) is 18.4 Å². The Morgan fingerprint density at radius 3 is 2.71 bits per heavy atom. The third-order valence-electron chi connectivity index (χ3n) is 3.28. The SMILES string of the molecule is NCCNCC1CC(OCc2ccccc2)C1. The molecule has 2 rings (SSSR count). The van der Waals surface area contributed by atoms with Crippen LogP contribution in [0.4, 0.5) is 0 Å². The van der Waals surface area contributed by atoms with Crippen molar-refractivity contribution in [2.75, 3.05) is 19.6 Å². The summed E-state index contributed by atoms with van der Waals surface area (Å²) >= 11 is 0. The first kappa shape index (κ1) is 12.6. The summed E-state index contributed by atoms with van der Waals surface area (Å²) in [7, 11) is 0. The van der Waals surface area contributed by atoms with E-state index in [0.717, 1.165) is 32.2 Å². The van der Waals surface area contributed by atoms with Gasteiger partial charge in [0.1, 0.15) is 0 Å². The summed E-state index contributed by atoms with van der Waals surface area (Å²) in [6, 6.07) is 10.4. The fourth-order valence-corrected chi connectivity index (χ4v) is 2.17. The molecule has 0 radical (unpaired) electrons. The van der Waals surface area contributed by atoms with Gasteiger partial charge in [-0.05, 0) is 30.9 Å². The van der Waals surface area contributed by atoms with Gasteiger partial charge in [-0.2, -0.15) is 0 Å². The lowest BCUT2D eigenvalue weighted by atomic mass is 9.82. The Hall–Kier alpha value is -0.900. The van der Waals surface area contributed by atoms with Crippen molar-refractivity contribution >= 4 is 0 Å². The van der Waals surface area contributed by atoms with Crippen LogP contribution in [0.15, 0.2) is 30.3 Å². The molecular weight excluding hydrogens is 212 g/mol. The molecule has 1 aliphatic rings. The molecule has 3 heteroatoms. The molecule has 1 aromatic carbocycles. The average molecular weight is 234 g/mol. The van der Waals surface area contributed by atoms with Crippen LogP contribution in [0.2, 0.25) is 0 Å². The lowest BCUT2D eigenvalue weighted by Crippen LogP contribution is -2.39. The van der Waals surface area contributed by atoms with Gasteiger partial charge in [-0.3, -0.25) is 0 Å². The molecule has 0 unspecified atom stereocenters. The molecule has 0 atom stereocenters. The molecule has 0 bridgehead atoms.